The molecule has 5 aromatic rings. The van der Waals surface area contributed by atoms with E-state index in [4.69, 9.17) is 19.7 Å². The van der Waals surface area contributed by atoms with Crippen LogP contribution in [0, 0.1) is 12.7 Å². The summed E-state index contributed by atoms with van der Waals surface area (Å²) in [6.07, 6.45) is 0.941. The summed E-state index contributed by atoms with van der Waals surface area (Å²) in [6, 6.07) is 15.5. The highest BCUT2D eigenvalue weighted by Gasteiger charge is 2.23. The molecule has 7 nitrogen and oxygen atoms in total. The van der Waals surface area contributed by atoms with Crippen molar-refractivity contribution in [1.29, 1.82) is 0 Å². The summed E-state index contributed by atoms with van der Waals surface area (Å²) < 4.78 is 22.6. The summed E-state index contributed by atoms with van der Waals surface area (Å²) in [5, 5.41) is 0. The van der Waals surface area contributed by atoms with Gasteiger partial charge in [0.1, 0.15) is 11.6 Å². The molecule has 1 saturated heterocycles. The first-order valence-electron chi connectivity index (χ1n) is 12.7. The molecule has 188 valence electrons. The van der Waals surface area contributed by atoms with Crippen LogP contribution in [0.5, 0.6) is 0 Å². The monoisotopic (exact) mass is 514 g/mol. The Hall–Kier alpha value is -3.40. The molecule has 2 aromatic carbocycles. The lowest BCUT2D eigenvalue weighted by Gasteiger charge is -2.28. The number of para-hydroxylation sites is 2. The zero-order valence-corrected chi connectivity index (χ0v) is 21.5. The van der Waals surface area contributed by atoms with E-state index in [-0.39, 0.29) is 5.82 Å². The second-order valence-electron chi connectivity index (χ2n) is 9.73. The van der Waals surface area contributed by atoms with Gasteiger partial charge < -0.3 is 9.64 Å². The standard InChI is InChI=1S/C28H27FN6OS/c1-18-30-23-4-2-3-5-25(23)35(18)28-31-24-15-22(37-26(24)27(32-28)34-10-12-36-13-11-34)17-33-9-8-19-6-7-21(29)14-20(19)16-33/h2-7,14-15H,8-13,16-17H2,1H3. The van der Waals surface area contributed by atoms with Crippen molar-refractivity contribution in [2.24, 2.45) is 0 Å². The van der Waals surface area contributed by atoms with Crippen molar-refractivity contribution >= 4 is 38.4 Å². The average Bonchev–Trinajstić information content (AvgIpc) is 3.47. The van der Waals surface area contributed by atoms with Crippen molar-refractivity contribution in [1.82, 2.24) is 24.4 Å². The molecule has 3 aromatic heterocycles. The number of thiophene rings is 1. The van der Waals surface area contributed by atoms with E-state index in [1.807, 2.05) is 35.8 Å². The van der Waals surface area contributed by atoms with Gasteiger partial charge in [-0.3, -0.25) is 9.47 Å². The SMILES string of the molecule is Cc1nc2ccccc2n1-c1nc(N2CCOCC2)c2sc(CN3CCc4ccc(F)cc4C3)cc2n1. The largest absolute Gasteiger partial charge is 0.378 e. The van der Waals surface area contributed by atoms with E-state index in [0.29, 0.717) is 19.2 Å². The normalized spacial score (nSPS) is 16.5. The maximum Gasteiger partial charge on any atom is 0.238 e. The Morgan fingerprint density at radius 2 is 1.81 bits per heavy atom. The molecule has 5 heterocycles. The number of rotatable bonds is 4. The fraction of sp³-hybridized carbons (Fsp3) is 0.321. The van der Waals surface area contributed by atoms with Crippen molar-refractivity contribution in [3.8, 4) is 5.95 Å². The molecule has 0 radical (unpaired) electrons. The quantitative estimate of drug-likeness (QED) is 0.341. The molecule has 0 amide bonds. The fourth-order valence-corrected chi connectivity index (χ4v) is 6.61. The van der Waals surface area contributed by atoms with Gasteiger partial charge >= 0.3 is 0 Å². The molecule has 0 aliphatic carbocycles. The number of hydrogen-bond donors (Lipinski definition) is 0. The third-order valence-electron chi connectivity index (χ3n) is 7.27. The Morgan fingerprint density at radius 1 is 0.946 bits per heavy atom. The number of ether oxygens (including phenoxy) is 1. The van der Waals surface area contributed by atoms with Crippen LogP contribution in [-0.4, -0.2) is 57.3 Å². The highest BCUT2D eigenvalue weighted by Crippen LogP contribution is 2.35. The molecule has 2 aliphatic rings. The zero-order valence-electron chi connectivity index (χ0n) is 20.7. The van der Waals surface area contributed by atoms with Crippen LogP contribution in [0.15, 0.2) is 48.5 Å². The summed E-state index contributed by atoms with van der Waals surface area (Å²) in [7, 11) is 0. The fourth-order valence-electron chi connectivity index (χ4n) is 5.46. The molecular weight excluding hydrogens is 487 g/mol. The van der Waals surface area contributed by atoms with Gasteiger partial charge in [0.05, 0.1) is 34.5 Å². The number of halogens is 1. The summed E-state index contributed by atoms with van der Waals surface area (Å²) in [6.45, 7) is 7.51. The molecule has 0 spiro atoms. The molecule has 37 heavy (non-hydrogen) atoms. The first-order valence-corrected chi connectivity index (χ1v) is 13.5. The van der Waals surface area contributed by atoms with Gasteiger partial charge in [0.25, 0.3) is 0 Å². The molecular formula is C28H27FN6OS. The number of hydrogen-bond acceptors (Lipinski definition) is 7. The molecule has 0 saturated carbocycles. The summed E-state index contributed by atoms with van der Waals surface area (Å²) in [4.78, 5) is 20.8. The molecule has 1 fully saturated rings. The van der Waals surface area contributed by atoms with E-state index in [0.717, 1.165) is 77.6 Å². The predicted molar refractivity (Wildman–Crippen MR) is 144 cm³/mol. The van der Waals surface area contributed by atoms with Crippen LogP contribution in [0.3, 0.4) is 0 Å². The van der Waals surface area contributed by atoms with Crippen molar-refractivity contribution in [3.63, 3.8) is 0 Å². The number of benzene rings is 2. The lowest BCUT2D eigenvalue weighted by molar-refractivity contribution is 0.122. The number of nitrogens with zero attached hydrogens (tertiary/aromatic N) is 6. The van der Waals surface area contributed by atoms with Gasteiger partial charge in [-0.05, 0) is 54.8 Å². The second kappa shape index (κ2) is 9.16. The number of aromatic nitrogens is 4. The van der Waals surface area contributed by atoms with E-state index in [1.165, 1.54) is 10.4 Å². The number of anilines is 1. The van der Waals surface area contributed by atoms with Crippen LogP contribution >= 0.6 is 11.3 Å². The Balaban J connectivity index is 1.29. The third-order valence-corrected chi connectivity index (χ3v) is 8.38. The van der Waals surface area contributed by atoms with Crippen LogP contribution in [0.2, 0.25) is 0 Å². The molecule has 2 aliphatic heterocycles. The van der Waals surface area contributed by atoms with Crippen LogP contribution in [0.1, 0.15) is 21.8 Å². The highest BCUT2D eigenvalue weighted by atomic mass is 32.1. The van der Waals surface area contributed by atoms with Gasteiger partial charge in [0.2, 0.25) is 5.95 Å². The van der Waals surface area contributed by atoms with Gasteiger partial charge in [0.15, 0.2) is 5.82 Å². The first kappa shape index (κ1) is 22.8. The number of imidazole rings is 1. The minimum atomic E-state index is -0.164. The second-order valence-corrected chi connectivity index (χ2v) is 10.9. The number of fused-ring (bicyclic) bond motifs is 3. The lowest BCUT2D eigenvalue weighted by Crippen LogP contribution is -2.37. The highest BCUT2D eigenvalue weighted by molar-refractivity contribution is 7.19. The predicted octanol–water partition coefficient (Wildman–Crippen LogP) is 4.87. The van der Waals surface area contributed by atoms with Gasteiger partial charge in [0, 0.05) is 37.6 Å². The average molecular weight is 515 g/mol. The third kappa shape index (κ3) is 4.17. The minimum absolute atomic E-state index is 0.164. The Labute approximate surface area is 218 Å². The van der Waals surface area contributed by atoms with E-state index in [9.17, 15) is 4.39 Å². The Morgan fingerprint density at radius 3 is 2.70 bits per heavy atom. The lowest BCUT2D eigenvalue weighted by atomic mass is 10.00. The Bertz CT molecular complexity index is 1620. The molecule has 0 bridgehead atoms. The number of morpholine rings is 1. The van der Waals surface area contributed by atoms with Crippen molar-refractivity contribution in [2.75, 3.05) is 37.7 Å². The van der Waals surface area contributed by atoms with Crippen LogP contribution < -0.4 is 4.90 Å². The molecule has 0 unspecified atom stereocenters. The molecule has 7 rings (SSSR count). The smallest absolute Gasteiger partial charge is 0.238 e. The maximum absolute atomic E-state index is 13.8. The minimum Gasteiger partial charge on any atom is -0.378 e. The van der Waals surface area contributed by atoms with Crippen LogP contribution in [0.25, 0.3) is 27.2 Å². The Kier molecular flexibility index (Phi) is 5.64. The van der Waals surface area contributed by atoms with Crippen molar-refractivity contribution in [3.05, 3.63) is 76.2 Å². The van der Waals surface area contributed by atoms with E-state index >= 15 is 0 Å². The van der Waals surface area contributed by atoms with Crippen LogP contribution in [0.4, 0.5) is 10.2 Å². The van der Waals surface area contributed by atoms with E-state index < -0.39 is 0 Å². The molecule has 0 atom stereocenters. The summed E-state index contributed by atoms with van der Waals surface area (Å²) >= 11 is 1.76. The summed E-state index contributed by atoms with van der Waals surface area (Å²) in [5.74, 6) is 2.31. The van der Waals surface area contributed by atoms with E-state index in [1.54, 1.807) is 23.5 Å². The topological polar surface area (TPSA) is 59.3 Å². The maximum atomic E-state index is 13.8. The molecule has 0 N–H and O–H groups in total. The van der Waals surface area contributed by atoms with Gasteiger partial charge in [-0.25, -0.2) is 14.4 Å². The molecule has 9 heteroatoms. The van der Waals surface area contributed by atoms with Gasteiger partial charge in [-0.1, -0.05) is 18.2 Å². The van der Waals surface area contributed by atoms with Gasteiger partial charge in [-0.2, -0.15) is 4.98 Å². The van der Waals surface area contributed by atoms with Gasteiger partial charge in [-0.15, -0.1) is 11.3 Å². The number of aryl methyl sites for hydroxylation is 1. The van der Waals surface area contributed by atoms with Crippen molar-refractivity contribution in [2.45, 2.75) is 26.4 Å². The summed E-state index contributed by atoms with van der Waals surface area (Å²) in [5.41, 5.74) is 5.23. The zero-order chi connectivity index (χ0) is 24.9. The van der Waals surface area contributed by atoms with Crippen molar-refractivity contribution < 1.29 is 9.13 Å². The van der Waals surface area contributed by atoms with E-state index in [2.05, 4.69) is 21.9 Å². The van der Waals surface area contributed by atoms with Crippen LogP contribution in [-0.2, 0) is 24.2 Å². The first-order chi connectivity index (χ1) is 18.1.